The van der Waals surface area contributed by atoms with E-state index in [0.717, 1.165) is 4.47 Å². The number of rotatable bonds is 4. The van der Waals surface area contributed by atoms with Crippen molar-refractivity contribution in [3.05, 3.63) is 63.9 Å². The molecule has 2 atom stereocenters. The van der Waals surface area contributed by atoms with E-state index in [4.69, 9.17) is 28.1 Å². The van der Waals surface area contributed by atoms with Crippen LogP contribution in [0.2, 0.25) is 0 Å². The Kier molecular flexibility index (Phi) is 6.63. The third kappa shape index (κ3) is 3.91. The predicted molar refractivity (Wildman–Crippen MR) is 101 cm³/mol. The van der Waals surface area contributed by atoms with E-state index in [1.165, 1.54) is 16.8 Å². The highest BCUT2D eigenvalue weighted by molar-refractivity contribution is 9.10. The molecule has 0 spiro atoms. The average Bonchev–Trinajstić information content (AvgIpc) is 2.63. The first kappa shape index (κ1) is 23.6. The van der Waals surface area contributed by atoms with E-state index in [1.807, 2.05) is 0 Å². The lowest BCUT2D eigenvalue weighted by Crippen LogP contribution is -2.71. The van der Waals surface area contributed by atoms with E-state index in [2.05, 4.69) is 90.8 Å². The van der Waals surface area contributed by atoms with E-state index in [-0.39, 0.29) is 17.4 Å². The fraction of sp³-hybridized carbons (Fsp3) is 0.476. The number of hydrogen-bond donors (Lipinski definition) is 0. The molecule has 5 rings (SSSR count). The molecule has 0 amide bonds. The molecule has 30 heavy (non-hydrogen) atoms. The highest BCUT2D eigenvalue weighted by atomic mass is 79.9. The molecule has 0 saturated carbocycles. The van der Waals surface area contributed by atoms with Crippen LogP contribution in [0.25, 0.3) is 0 Å². The van der Waals surface area contributed by atoms with Gasteiger partial charge in [-0.25, -0.2) is 18.6 Å². The van der Waals surface area contributed by atoms with Gasteiger partial charge in [-0.2, -0.15) is 4.57 Å². The van der Waals surface area contributed by atoms with E-state index >= 15 is 0 Å². The molecule has 0 saturated heterocycles. The van der Waals surface area contributed by atoms with Gasteiger partial charge in [-0.15, -0.1) is 10.2 Å². The molecular weight excluding hydrogens is 478 g/mol. The molecule has 1 aromatic heterocycles. The Morgan fingerprint density at radius 2 is 1.60 bits per heavy atom. The quantitative estimate of drug-likeness (QED) is 0.423. The lowest BCUT2D eigenvalue weighted by Gasteiger charge is -2.57. The predicted octanol–water partition coefficient (Wildman–Crippen LogP) is -0.176. The number of ether oxygens (including phenoxy) is 2. The number of hydrogen-bond acceptors (Lipinski definition) is 6. The van der Waals surface area contributed by atoms with Gasteiger partial charge in [-0.3, -0.25) is 0 Å². The molecule has 3 aliphatic rings. The van der Waals surface area contributed by atoms with E-state index < -0.39 is 16.0 Å². The Morgan fingerprint density at radius 3 is 2.17 bits per heavy atom. The topological polar surface area (TPSA) is 115 Å². The van der Waals surface area contributed by atoms with Gasteiger partial charge in [0.2, 0.25) is 0 Å². The highest BCUT2D eigenvalue weighted by Gasteiger charge is 2.70. The van der Waals surface area contributed by atoms with Crippen LogP contribution in [-0.4, -0.2) is 19.0 Å². The molecule has 1 aliphatic carbocycles. The number of nitrogens with zero attached hydrogens (tertiary/aromatic N) is 1. The third-order valence-corrected chi connectivity index (χ3v) is 6.32. The minimum Gasteiger partial charge on any atom is -0.348 e. The number of fused-ring (bicyclic) bond motifs is 1. The van der Waals surface area contributed by atoms with Crippen LogP contribution in [0.5, 0.6) is 0 Å². The Morgan fingerprint density at radius 1 is 1.00 bits per heavy atom. The highest BCUT2D eigenvalue weighted by Crippen LogP contribution is 2.62. The summed E-state index contributed by atoms with van der Waals surface area (Å²) in [4.78, 5) is 0. The van der Waals surface area contributed by atoms with Crippen molar-refractivity contribution in [2.45, 2.75) is 45.4 Å². The molecule has 0 radical (unpaired) electrons. The summed E-state index contributed by atoms with van der Waals surface area (Å²) in [6.07, 6.45) is 2.20. The summed E-state index contributed by atoms with van der Waals surface area (Å²) >= 11 is 3.66. The van der Waals surface area contributed by atoms with Crippen LogP contribution in [0.15, 0.2) is 47.1 Å². The number of pyridine rings is 1. The third-order valence-electron chi connectivity index (χ3n) is 5.83. The van der Waals surface area contributed by atoms with Crippen molar-refractivity contribution < 1.29 is 42.9 Å². The SMILES string of the molecule is CCOC1(OCC)C2c3cc(Br)ccc3C([n+]3ccccc32)C1(C)C.[O-][Cl+3]([O-])([O-])[O-]. The van der Waals surface area contributed by atoms with E-state index in [9.17, 15) is 0 Å². The van der Waals surface area contributed by atoms with Crippen LogP contribution in [0.1, 0.15) is 56.5 Å². The lowest BCUT2D eigenvalue weighted by atomic mass is 9.57. The molecule has 0 N–H and O–H groups in total. The summed E-state index contributed by atoms with van der Waals surface area (Å²) in [6, 6.07) is 13.2. The Balaban J connectivity index is 0.000000461. The van der Waals surface area contributed by atoms with Crippen LogP contribution < -0.4 is 23.2 Å². The zero-order valence-electron chi connectivity index (χ0n) is 17.3. The second kappa shape index (κ2) is 8.44. The molecule has 2 unspecified atom stereocenters. The Hall–Kier alpha value is -1.10. The van der Waals surface area contributed by atoms with Gasteiger partial charge in [-0.1, -0.05) is 28.1 Å². The second-order valence-electron chi connectivity index (χ2n) is 7.77. The van der Waals surface area contributed by atoms with Crippen LogP contribution in [0, 0.1) is 15.7 Å². The molecule has 0 fully saturated rings. The fourth-order valence-corrected chi connectivity index (χ4v) is 5.39. The van der Waals surface area contributed by atoms with E-state index in [1.54, 1.807) is 0 Å². The van der Waals surface area contributed by atoms with Crippen molar-refractivity contribution in [3.8, 4) is 0 Å². The first-order valence-corrected chi connectivity index (χ1v) is 11.7. The summed E-state index contributed by atoms with van der Waals surface area (Å²) in [5.41, 5.74) is 3.74. The van der Waals surface area contributed by atoms with Crippen molar-refractivity contribution in [1.29, 1.82) is 0 Å². The van der Waals surface area contributed by atoms with Gasteiger partial charge < -0.3 is 9.47 Å². The van der Waals surface area contributed by atoms with Gasteiger partial charge >= 0.3 is 0 Å². The van der Waals surface area contributed by atoms with Crippen molar-refractivity contribution in [3.63, 3.8) is 0 Å². The normalized spacial score (nSPS) is 22.6. The first-order valence-electron chi connectivity index (χ1n) is 9.67. The van der Waals surface area contributed by atoms with Gasteiger partial charge in [0.1, 0.15) is 5.92 Å². The van der Waals surface area contributed by atoms with Gasteiger partial charge in [0.25, 0.3) is 0 Å². The average molecular weight is 503 g/mol. The first-order chi connectivity index (χ1) is 14.0. The minimum atomic E-state index is -4.94. The summed E-state index contributed by atoms with van der Waals surface area (Å²) < 4.78 is 50.4. The summed E-state index contributed by atoms with van der Waals surface area (Å²) in [5.74, 6) is -0.628. The molecule has 2 aromatic rings. The minimum absolute atomic E-state index is 0.0427. The monoisotopic (exact) mass is 501 g/mol. The Labute approximate surface area is 186 Å². The van der Waals surface area contributed by atoms with Crippen LogP contribution in [0.3, 0.4) is 0 Å². The van der Waals surface area contributed by atoms with Crippen molar-refractivity contribution in [2.24, 2.45) is 5.41 Å². The van der Waals surface area contributed by atoms with Gasteiger partial charge in [0.15, 0.2) is 23.7 Å². The number of halogens is 2. The van der Waals surface area contributed by atoms with E-state index in [0.29, 0.717) is 13.2 Å². The maximum atomic E-state index is 8.49. The van der Waals surface area contributed by atoms with Crippen molar-refractivity contribution in [2.75, 3.05) is 13.2 Å². The second-order valence-corrected chi connectivity index (χ2v) is 9.45. The molecule has 2 bridgehead atoms. The molecule has 7 nitrogen and oxygen atoms in total. The standard InChI is InChI=1S/C21H25BrNO2.ClHO4/c1-5-24-21(25-6-2)18-16-13-14(22)10-11-15(16)19(20(21,3)4)23-12-8-7-9-17(18)23;2-1(3,4)5/h7-13,18-19H,5-6H2,1-4H3;(H,2,3,4,5)/q+1;/p-1. The van der Waals surface area contributed by atoms with Crippen LogP contribution in [-0.2, 0) is 9.47 Å². The summed E-state index contributed by atoms with van der Waals surface area (Å²) in [6.45, 7) is 9.93. The number of benzene rings is 1. The van der Waals surface area contributed by atoms with Crippen LogP contribution in [0.4, 0.5) is 0 Å². The van der Waals surface area contributed by atoms with Crippen molar-refractivity contribution >= 4 is 15.9 Å². The van der Waals surface area contributed by atoms with Crippen molar-refractivity contribution in [1.82, 2.24) is 0 Å². The smallest absolute Gasteiger partial charge is 0.196 e. The molecule has 3 heterocycles. The molecule has 9 heteroatoms. The zero-order valence-corrected chi connectivity index (χ0v) is 19.6. The maximum Gasteiger partial charge on any atom is 0.196 e. The number of aromatic nitrogens is 1. The molecule has 2 aliphatic heterocycles. The largest absolute Gasteiger partial charge is 0.348 e. The maximum absolute atomic E-state index is 8.49. The zero-order chi connectivity index (χ0) is 22.3. The van der Waals surface area contributed by atoms with Gasteiger partial charge in [0, 0.05) is 35.4 Å². The Bertz CT molecular complexity index is 905. The summed E-state index contributed by atoms with van der Waals surface area (Å²) in [5, 5.41) is 0. The molecule has 1 aromatic carbocycles. The van der Waals surface area contributed by atoms with Crippen LogP contribution >= 0.6 is 15.9 Å². The van der Waals surface area contributed by atoms with Gasteiger partial charge in [0.05, 0.1) is 5.41 Å². The molecular formula is C21H25BrClNO6. The lowest BCUT2D eigenvalue weighted by molar-refractivity contribution is -2.00. The molecule has 164 valence electrons. The fourth-order valence-electron chi connectivity index (χ4n) is 5.01. The summed E-state index contributed by atoms with van der Waals surface area (Å²) in [7, 11) is -4.94. The van der Waals surface area contributed by atoms with Gasteiger partial charge in [-0.05, 0) is 45.4 Å².